The van der Waals surface area contributed by atoms with Crippen molar-refractivity contribution >= 4 is 5.91 Å². The van der Waals surface area contributed by atoms with E-state index < -0.39 is 0 Å². The van der Waals surface area contributed by atoms with E-state index in [0.29, 0.717) is 5.56 Å². The summed E-state index contributed by atoms with van der Waals surface area (Å²) in [6, 6.07) is 0. The third-order valence-electron chi connectivity index (χ3n) is 3.05. The van der Waals surface area contributed by atoms with Crippen molar-refractivity contribution in [1.29, 1.82) is 0 Å². The number of rotatable bonds is 6. The molecule has 1 aromatic heterocycles. The van der Waals surface area contributed by atoms with Gasteiger partial charge in [0.1, 0.15) is 0 Å². The first-order chi connectivity index (χ1) is 9.38. The average Bonchev–Trinajstić information content (AvgIpc) is 2.42. The van der Waals surface area contributed by atoms with Gasteiger partial charge in [0, 0.05) is 27.3 Å². The molecule has 0 bridgehead atoms. The minimum Gasteiger partial charge on any atom is -0.340 e. The number of carbonyl (C=O) groups excluding carboxylic acids is 1. The molecule has 1 heterocycles. The van der Waals surface area contributed by atoms with E-state index in [1.54, 1.807) is 14.1 Å². The fourth-order valence-corrected chi connectivity index (χ4v) is 1.84. The van der Waals surface area contributed by atoms with Crippen LogP contribution in [0.5, 0.6) is 0 Å². The maximum Gasteiger partial charge on any atom is 0.330 e. The van der Waals surface area contributed by atoms with E-state index in [1.807, 2.05) is 6.92 Å². The molecule has 0 unspecified atom stereocenters. The van der Waals surface area contributed by atoms with Crippen molar-refractivity contribution in [3.05, 3.63) is 32.6 Å². The minimum absolute atomic E-state index is 0.0886. The molecule has 7 heteroatoms. The summed E-state index contributed by atoms with van der Waals surface area (Å²) in [5.74, 6) is -0.0886. The number of likely N-dealkylation sites (N-methyl/N-ethyl adjacent to an activating group) is 1. The SMILES string of the molecule is CCCNCC(=O)N(C)Cc1cn(C)c(=O)n(C)c1=O. The van der Waals surface area contributed by atoms with Crippen molar-refractivity contribution in [1.82, 2.24) is 19.4 Å². The highest BCUT2D eigenvalue weighted by Crippen LogP contribution is 1.96. The molecule has 0 saturated carbocycles. The molecule has 0 atom stereocenters. The highest BCUT2D eigenvalue weighted by molar-refractivity contribution is 5.77. The Balaban J connectivity index is 2.81. The second-order valence-electron chi connectivity index (χ2n) is 4.84. The Labute approximate surface area is 117 Å². The van der Waals surface area contributed by atoms with Crippen molar-refractivity contribution in [2.45, 2.75) is 19.9 Å². The Hall–Kier alpha value is -1.89. The van der Waals surface area contributed by atoms with E-state index in [2.05, 4.69) is 5.32 Å². The normalized spacial score (nSPS) is 10.6. The summed E-state index contributed by atoms with van der Waals surface area (Å²) in [4.78, 5) is 36.9. The predicted molar refractivity (Wildman–Crippen MR) is 76.6 cm³/mol. The van der Waals surface area contributed by atoms with Gasteiger partial charge in [-0.3, -0.25) is 14.2 Å². The van der Waals surface area contributed by atoms with Crippen molar-refractivity contribution < 1.29 is 4.79 Å². The quantitative estimate of drug-likeness (QED) is 0.682. The number of aromatic nitrogens is 2. The predicted octanol–water partition coefficient (Wildman–Crippen LogP) is -0.958. The van der Waals surface area contributed by atoms with Gasteiger partial charge in [0.2, 0.25) is 5.91 Å². The molecule has 0 aromatic carbocycles. The fraction of sp³-hybridized carbons (Fsp3) is 0.615. The lowest BCUT2D eigenvalue weighted by molar-refractivity contribution is -0.129. The van der Waals surface area contributed by atoms with Crippen LogP contribution in [0.15, 0.2) is 15.8 Å². The second-order valence-corrected chi connectivity index (χ2v) is 4.84. The largest absolute Gasteiger partial charge is 0.340 e. The standard InChI is InChI=1S/C13H22N4O3/c1-5-6-14-7-11(18)15(2)8-10-9-16(3)13(20)17(4)12(10)19/h9,14H,5-8H2,1-4H3. The van der Waals surface area contributed by atoms with E-state index in [-0.39, 0.29) is 30.2 Å². The van der Waals surface area contributed by atoms with Crippen LogP contribution in [-0.2, 0) is 25.4 Å². The molecule has 112 valence electrons. The van der Waals surface area contributed by atoms with E-state index in [1.165, 1.54) is 22.7 Å². The van der Waals surface area contributed by atoms with Crippen molar-refractivity contribution in [2.75, 3.05) is 20.1 Å². The third kappa shape index (κ3) is 3.80. The number of nitrogens with one attached hydrogen (secondary N) is 1. The first-order valence-corrected chi connectivity index (χ1v) is 6.58. The van der Waals surface area contributed by atoms with Crippen molar-refractivity contribution in [3.8, 4) is 0 Å². The summed E-state index contributed by atoms with van der Waals surface area (Å²) >= 11 is 0. The zero-order valence-electron chi connectivity index (χ0n) is 12.5. The van der Waals surface area contributed by atoms with Crippen LogP contribution in [0.2, 0.25) is 0 Å². The van der Waals surface area contributed by atoms with Crippen LogP contribution in [0.25, 0.3) is 0 Å². The van der Waals surface area contributed by atoms with E-state index in [9.17, 15) is 14.4 Å². The maximum atomic E-state index is 12.0. The van der Waals surface area contributed by atoms with Crippen molar-refractivity contribution in [2.24, 2.45) is 14.1 Å². The van der Waals surface area contributed by atoms with Crippen LogP contribution in [0.1, 0.15) is 18.9 Å². The summed E-state index contributed by atoms with van der Waals surface area (Å²) in [6.07, 6.45) is 2.44. The molecule has 1 aromatic rings. The summed E-state index contributed by atoms with van der Waals surface area (Å²) in [6.45, 7) is 3.24. The molecular formula is C13H22N4O3. The maximum absolute atomic E-state index is 12.0. The first kappa shape index (κ1) is 16.2. The molecule has 0 saturated heterocycles. The fourth-order valence-electron chi connectivity index (χ4n) is 1.84. The summed E-state index contributed by atoms with van der Waals surface area (Å²) < 4.78 is 2.38. The Morgan fingerprint density at radius 2 is 2.00 bits per heavy atom. The van der Waals surface area contributed by atoms with Gasteiger partial charge in [-0.15, -0.1) is 0 Å². The van der Waals surface area contributed by atoms with Crippen LogP contribution >= 0.6 is 0 Å². The molecule has 20 heavy (non-hydrogen) atoms. The lowest BCUT2D eigenvalue weighted by atomic mass is 10.3. The lowest BCUT2D eigenvalue weighted by Gasteiger charge is -2.18. The summed E-state index contributed by atoms with van der Waals surface area (Å²) in [5, 5.41) is 3.02. The van der Waals surface area contributed by atoms with Crippen molar-refractivity contribution in [3.63, 3.8) is 0 Å². The van der Waals surface area contributed by atoms with Gasteiger partial charge in [-0.1, -0.05) is 6.92 Å². The minimum atomic E-state index is -0.377. The summed E-state index contributed by atoms with van der Waals surface area (Å²) in [5.41, 5.74) is -0.326. The molecule has 0 fully saturated rings. The second kappa shape index (κ2) is 7.04. The Morgan fingerprint density at radius 3 is 2.60 bits per heavy atom. The molecule has 0 spiro atoms. The van der Waals surface area contributed by atoms with E-state index in [4.69, 9.17) is 0 Å². The number of nitrogens with zero attached hydrogens (tertiary/aromatic N) is 3. The number of aryl methyl sites for hydroxylation is 1. The highest BCUT2D eigenvalue weighted by atomic mass is 16.2. The Morgan fingerprint density at radius 1 is 1.35 bits per heavy atom. The molecule has 0 aliphatic carbocycles. The van der Waals surface area contributed by atoms with E-state index in [0.717, 1.165) is 17.5 Å². The molecular weight excluding hydrogens is 260 g/mol. The van der Waals surface area contributed by atoms with E-state index >= 15 is 0 Å². The van der Waals surface area contributed by atoms with Gasteiger partial charge in [-0.25, -0.2) is 4.79 Å². The van der Waals surface area contributed by atoms with Crippen LogP contribution in [-0.4, -0.2) is 40.1 Å². The van der Waals surface area contributed by atoms with Crippen LogP contribution < -0.4 is 16.6 Å². The Kier molecular flexibility index (Phi) is 5.69. The zero-order chi connectivity index (χ0) is 15.3. The molecule has 0 aliphatic heterocycles. The van der Waals surface area contributed by atoms with Crippen LogP contribution in [0, 0.1) is 0 Å². The van der Waals surface area contributed by atoms with Gasteiger partial charge in [-0.05, 0) is 13.0 Å². The highest BCUT2D eigenvalue weighted by Gasteiger charge is 2.13. The topological polar surface area (TPSA) is 76.3 Å². The number of carbonyl (C=O) groups is 1. The lowest BCUT2D eigenvalue weighted by Crippen LogP contribution is -2.41. The molecule has 0 aliphatic rings. The average molecular weight is 282 g/mol. The first-order valence-electron chi connectivity index (χ1n) is 6.58. The third-order valence-corrected chi connectivity index (χ3v) is 3.05. The van der Waals surface area contributed by atoms with Gasteiger partial charge in [0.15, 0.2) is 0 Å². The molecule has 1 N–H and O–H groups in total. The van der Waals surface area contributed by atoms with Crippen LogP contribution in [0.4, 0.5) is 0 Å². The van der Waals surface area contributed by atoms with Gasteiger partial charge >= 0.3 is 5.69 Å². The molecule has 7 nitrogen and oxygen atoms in total. The van der Waals surface area contributed by atoms with Gasteiger partial charge in [-0.2, -0.15) is 0 Å². The number of amides is 1. The smallest absolute Gasteiger partial charge is 0.330 e. The molecule has 1 rings (SSSR count). The van der Waals surface area contributed by atoms with Gasteiger partial charge in [0.05, 0.1) is 18.7 Å². The number of hydrogen-bond acceptors (Lipinski definition) is 4. The number of hydrogen-bond donors (Lipinski definition) is 1. The van der Waals surface area contributed by atoms with Gasteiger partial charge in [0.25, 0.3) is 5.56 Å². The zero-order valence-corrected chi connectivity index (χ0v) is 12.5. The van der Waals surface area contributed by atoms with Crippen LogP contribution in [0.3, 0.4) is 0 Å². The Bertz CT molecular complexity index is 588. The monoisotopic (exact) mass is 282 g/mol. The summed E-state index contributed by atoms with van der Waals surface area (Å²) in [7, 11) is 4.65. The molecule has 0 radical (unpaired) electrons. The molecule has 1 amide bonds. The van der Waals surface area contributed by atoms with Gasteiger partial charge < -0.3 is 14.8 Å².